The van der Waals surface area contributed by atoms with E-state index in [1.165, 1.54) is 17.4 Å². The number of thiazole rings is 1. The second kappa shape index (κ2) is 5.81. The molecule has 2 rings (SSSR count). The van der Waals surface area contributed by atoms with E-state index in [9.17, 15) is 4.39 Å². The second-order valence-corrected chi connectivity index (χ2v) is 5.39. The zero-order chi connectivity index (χ0) is 13.8. The second-order valence-electron chi connectivity index (χ2n) is 4.27. The van der Waals surface area contributed by atoms with Gasteiger partial charge in [-0.1, -0.05) is 19.4 Å². The van der Waals surface area contributed by atoms with Gasteiger partial charge >= 0.3 is 0 Å². The number of rotatable bonds is 4. The van der Waals surface area contributed by atoms with Crippen LogP contribution in [-0.2, 0) is 12.8 Å². The Hall–Kier alpha value is -1.93. The maximum Gasteiger partial charge on any atom is 0.180 e. The molecular weight excluding hydrogens is 261 g/mol. The summed E-state index contributed by atoms with van der Waals surface area (Å²) in [7, 11) is 0. The fraction of sp³-hybridized carbons (Fsp3) is 0.286. The number of aryl methyl sites for hydroxylation is 1. The summed E-state index contributed by atoms with van der Waals surface area (Å²) < 4.78 is 13.3. The van der Waals surface area contributed by atoms with Crippen LogP contribution in [0.15, 0.2) is 18.2 Å². The van der Waals surface area contributed by atoms with Gasteiger partial charge in [0.25, 0.3) is 0 Å². The Labute approximate surface area is 115 Å². The van der Waals surface area contributed by atoms with Gasteiger partial charge in [0.2, 0.25) is 0 Å². The number of halogens is 1. The summed E-state index contributed by atoms with van der Waals surface area (Å²) >= 11 is 1.46. The maximum absolute atomic E-state index is 13.3. The van der Waals surface area contributed by atoms with Crippen molar-refractivity contribution in [2.75, 3.05) is 5.73 Å². The van der Waals surface area contributed by atoms with Gasteiger partial charge in [-0.3, -0.25) is 0 Å². The normalized spacial score (nSPS) is 10.4. The highest BCUT2D eigenvalue weighted by atomic mass is 32.1. The smallest absolute Gasteiger partial charge is 0.180 e. The number of nitrogens with two attached hydrogens (primary N) is 1. The van der Waals surface area contributed by atoms with Crippen molar-refractivity contribution < 1.29 is 4.39 Å². The molecule has 0 saturated carbocycles. The third-order valence-corrected chi connectivity index (χ3v) is 3.72. The van der Waals surface area contributed by atoms with Crippen LogP contribution in [0.1, 0.15) is 35.0 Å². The molecule has 0 aliphatic carbocycles. The van der Waals surface area contributed by atoms with Crippen LogP contribution in [0, 0.1) is 17.1 Å². The lowest BCUT2D eigenvalue weighted by molar-refractivity contribution is 0.623. The molecule has 19 heavy (non-hydrogen) atoms. The van der Waals surface area contributed by atoms with Gasteiger partial charge in [-0.25, -0.2) is 9.37 Å². The van der Waals surface area contributed by atoms with Gasteiger partial charge in [0.1, 0.15) is 11.9 Å². The van der Waals surface area contributed by atoms with Crippen LogP contribution in [0.3, 0.4) is 0 Å². The molecule has 2 N–H and O–H groups in total. The van der Waals surface area contributed by atoms with E-state index < -0.39 is 5.82 Å². The Morgan fingerprint density at radius 2 is 2.26 bits per heavy atom. The van der Waals surface area contributed by atoms with Crippen molar-refractivity contribution in [2.45, 2.75) is 26.2 Å². The van der Waals surface area contributed by atoms with Crippen LogP contribution in [0.2, 0.25) is 0 Å². The van der Waals surface area contributed by atoms with Crippen molar-refractivity contribution in [3.63, 3.8) is 0 Å². The maximum atomic E-state index is 13.3. The van der Waals surface area contributed by atoms with E-state index in [2.05, 4.69) is 11.9 Å². The highest BCUT2D eigenvalue weighted by Crippen LogP contribution is 2.25. The summed E-state index contributed by atoms with van der Waals surface area (Å²) in [4.78, 5) is 5.41. The van der Waals surface area contributed by atoms with E-state index in [0.29, 0.717) is 11.6 Å². The minimum Gasteiger partial charge on any atom is -0.375 e. The third-order valence-electron chi connectivity index (χ3n) is 2.80. The molecule has 0 radical (unpaired) electrons. The van der Waals surface area contributed by atoms with E-state index in [4.69, 9.17) is 11.0 Å². The zero-order valence-corrected chi connectivity index (χ0v) is 11.4. The summed E-state index contributed by atoms with van der Waals surface area (Å²) in [6.07, 6.45) is 2.53. The number of nitriles is 1. The van der Waals surface area contributed by atoms with Crippen molar-refractivity contribution in [3.05, 3.63) is 45.7 Å². The number of anilines is 1. The first-order chi connectivity index (χ1) is 9.13. The quantitative estimate of drug-likeness (QED) is 0.931. The van der Waals surface area contributed by atoms with Gasteiger partial charge in [-0.15, -0.1) is 11.3 Å². The zero-order valence-electron chi connectivity index (χ0n) is 10.6. The van der Waals surface area contributed by atoms with Crippen LogP contribution >= 0.6 is 11.3 Å². The van der Waals surface area contributed by atoms with E-state index in [-0.39, 0.29) is 5.56 Å². The molecule has 5 heteroatoms. The SMILES string of the molecule is CCCc1nc(N)sc1Cc1ccc(F)c(C#N)c1. The lowest BCUT2D eigenvalue weighted by Crippen LogP contribution is -1.94. The lowest BCUT2D eigenvalue weighted by atomic mass is 10.1. The summed E-state index contributed by atoms with van der Waals surface area (Å²) in [6, 6.07) is 6.47. The highest BCUT2D eigenvalue weighted by molar-refractivity contribution is 7.15. The summed E-state index contributed by atoms with van der Waals surface area (Å²) in [6.45, 7) is 2.09. The van der Waals surface area contributed by atoms with Crippen molar-refractivity contribution in [2.24, 2.45) is 0 Å². The standard InChI is InChI=1S/C14H14FN3S/c1-2-3-12-13(19-14(17)18-12)7-9-4-5-11(15)10(6-9)8-16/h4-6H,2-3,7H2,1H3,(H2,17,18). The Kier molecular flexibility index (Phi) is 4.13. The number of nitrogens with zero attached hydrogens (tertiary/aromatic N) is 2. The molecule has 0 aliphatic rings. The molecule has 0 bridgehead atoms. The molecule has 3 nitrogen and oxygen atoms in total. The third kappa shape index (κ3) is 3.09. The van der Waals surface area contributed by atoms with Gasteiger partial charge in [0.05, 0.1) is 11.3 Å². The Bertz CT molecular complexity index is 628. The first-order valence-electron chi connectivity index (χ1n) is 6.06. The molecule has 0 aliphatic heterocycles. The van der Waals surface area contributed by atoms with Gasteiger partial charge in [-0.05, 0) is 24.1 Å². The molecule has 1 heterocycles. The molecule has 0 saturated heterocycles. The number of benzene rings is 1. The molecule has 0 amide bonds. The fourth-order valence-electron chi connectivity index (χ4n) is 1.93. The Morgan fingerprint density at radius 1 is 1.47 bits per heavy atom. The highest BCUT2D eigenvalue weighted by Gasteiger charge is 2.11. The number of hydrogen-bond acceptors (Lipinski definition) is 4. The van der Waals surface area contributed by atoms with Crippen LogP contribution in [0.4, 0.5) is 9.52 Å². The van der Waals surface area contributed by atoms with E-state index >= 15 is 0 Å². The monoisotopic (exact) mass is 275 g/mol. The van der Waals surface area contributed by atoms with E-state index in [1.807, 2.05) is 6.07 Å². The van der Waals surface area contributed by atoms with Gasteiger partial charge < -0.3 is 5.73 Å². The molecule has 0 unspecified atom stereocenters. The van der Waals surface area contributed by atoms with Crippen molar-refractivity contribution >= 4 is 16.5 Å². The van der Waals surface area contributed by atoms with E-state index in [1.54, 1.807) is 12.1 Å². The van der Waals surface area contributed by atoms with Crippen LogP contribution in [-0.4, -0.2) is 4.98 Å². The molecule has 98 valence electrons. The summed E-state index contributed by atoms with van der Waals surface area (Å²) in [5.74, 6) is -0.483. The van der Waals surface area contributed by atoms with Crippen LogP contribution < -0.4 is 5.73 Å². The molecule has 1 aromatic carbocycles. The molecule has 0 spiro atoms. The molecule has 1 aromatic heterocycles. The largest absolute Gasteiger partial charge is 0.375 e. The number of hydrogen-bond donors (Lipinski definition) is 1. The average Bonchev–Trinajstić information content (AvgIpc) is 2.72. The molecule has 0 fully saturated rings. The Balaban J connectivity index is 2.28. The van der Waals surface area contributed by atoms with Crippen LogP contribution in [0.25, 0.3) is 0 Å². The fourth-order valence-corrected chi connectivity index (χ4v) is 2.84. The van der Waals surface area contributed by atoms with Crippen LogP contribution in [0.5, 0.6) is 0 Å². The van der Waals surface area contributed by atoms with Crippen molar-refractivity contribution in [1.29, 1.82) is 5.26 Å². The predicted octanol–water partition coefficient (Wildman–Crippen LogP) is 3.28. The molecular formula is C14H14FN3S. The van der Waals surface area contributed by atoms with E-state index in [0.717, 1.165) is 29.0 Å². The minimum absolute atomic E-state index is 0.0760. The topological polar surface area (TPSA) is 62.7 Å². The first-order valence-corrected chi connectivity index (χ1v) is 6.88. The predicted molar refractivity (Wildman–Crippen MR) is 74.4 cm³/mol. The van der Waals surface area contributed by atoms with Crippen molar-refractivity contribution in [3.8, 4) is 6.07 Å². The van der Waals surface area contributed by atoms with Gasteiger partial charge in [0.15, 0.2) is 5.13 Å². The lowest BCUT2D eigenvalue weighted by Gasteiger charge is -2.03. The summed E-state index contributed by atoms with van der Waals surface area (Å²) in [5, 5.41) is 9.39. The van der Waals surface area contributed by atoms with Crippen molar-refractivity contribution in [1.82, 2.24) is 4.98 Å². The molecule has 2 aromatic rings. The van der Waals surface area contributed by atoms with Gasteiger partial charge in [-0.2, -0.15) is 5.26 Å². The Morgan fingerprint density at radius 3 is 2.95 bits per heavy atom. The minimum atomic E-state index is -0.483. The first kappa shape index (κ1) is 13.5. The van der Waals surface area contributed by atoms with Gasteiger partial charge in [0, 0.05) is 11.3 Å². The average molecular weight is 275 g/mol. The number of aromatic nitrogens is 1. The number of nitrogen functional groups attached to an aromatic ring is 1. The molecule has 0 atom stereocenters. The summed E-state index contributed by atoms with van der Waals surface area (Å²) in [5.41, 5.74) is 7.72.